The normalized spacial score (nSPS) is 10.7. The number of carbonyl (C=O) groups excluding carboxylic acids is 3. The van der Waals surface area contributed by atoms with Gasteiger partial charge in [-0.25, -0.2) is 4.79 Å². The van der Waals surface area contributed by atoms with E-state index in [2.05, 4.69) is 12.2 Å². The van der Waals surface area contributed by atoms with E-state index in [0.717, 1.165) is 41.3 Å². The summed E-state index contributed by atoms with van der Waals surface area (Å²) in [7, 11) is 4.24. The first-order valence-corrected chi connectivity index (χ1v) is 11.6. The van der Waals surface area contributed by atoms with Gasteiger partial charge in [-0.05, 0) is 47.9 Å². The number of amides is 1. The number of nitrogens with one attached hydrogen (secondary N) is 1. The van der Waals surface area contributed by atoms with Gasteiger partial charge in [0, 0.05) is 35.6 Å². The molecular formula is C27H32N2O6. The van der Waals surface area contributed by atoms with Gasteiger partial charge in [0.15, 0.2) is 0 Å². The van der Waals surface area contributed by atoms with Crippen LogP contribution in [0.2, 0.25) is 0 Å². The molecule has 1 aromatic heterocycles. The van der Waals surface area contributed by atoms with E-state index in [1.807, 2.05) is 35.0 Å². The zero-order valence-corrected chi connectivity index (χ0v) is 20.7. The first kappa shape index (κ1) is 25.8. The molecule has 0 saturated heterocycles. The highest BCUT2D eigenvalue weighted by molar-refractivity contribution is 5.95. The summed E-state index contributed by atoms with van der Waals surface area (Å²) in [4.78, 5) is 36.3. The second kappa shape index (κ2) is 12.1. The Kier molecular flexibility index (Phi) is 8.89. The molecule has 8 heteroatoms. The maximum absolute atomic E-state index is 12.4. The maximum atomic E-state index is 12.4. The number of ether oxygens (including phenoxy) is 3. The molecule has 35 heavy (non-hydrogen) atoms. The molecule has 0 radical (unpaired) electrons. The first-order valence-electron chi connectivity index (χ1n) is 11.6. The van der Waals surface area contributed by atoms with Gasteiger partial charge >= 0.3 is 11.9 Å². The number of methoxy groups -OCH3 is 3. The highest BCUT2D eigenvalue weighted by atomic mass is 16.5. The summed E-state index contributed by atoms with van der Waals surface area (Å²) >= 11 is 0. The second-order valence-corrected chi connectivity index (χ2v) is 8.29. The van der Waals surface area contributed by atoms with Crippen LogP contribution in [0.25, 0.3) is 10.9 Å². The molecule has 2 aromatic carbocycles. The number of hydrogen-bond acceptors (Lipinski definition) is 6. The Morgan fingerprint density at radius 3 is 2.43 bits per heavy atom. The van der Waals surface area contributed by atoms with Gasteiger partial charge in [-0.15, -0.1) is 0 Å². The molecule has 0 fully saturated rings. The van der Waals surface area contributed by atoms with Gasteiger partial charge < -0.3 is 24.1 Å². The molecule has 1 N–H and O–H groups in total. The summed E-state index contributed by atoms with van der Waals surface area (Å²) in [5, 5.41) is 3.88. The van der Waals surface area contributed by atoms with Crippen molar-refractivity contribution >= 4 is 34.4 Å². The third-order valence-electron chi connectivity index (χ3n) is 5.87. The lowest BCUT2D eigenvalue weighted by molar-refractivity contribution is -0.141. The average Bonchev–Trinajstić information content (AvgIpc) is 3.19. The van der Waals surface area contributed by atoms with Crippen LogP contribution in [-0.4, -0.2) is 43.7 Å². The van der Waals surface area contributed by atoms with Crippen molar-refractivity contribution in [2.45, 2.75) is 45.6 Å². The van der Waals surface area contributed by atoms with Crippen LogP contribution in [-0.2, 0) is 32.0 Å². The largest absolute Gasteiger partial charge is 0.496 e. The number of rotatable bonds is 11. The summed E-state index contributed by atoms with van der Waals surface area (Å²) in [6.07, 6.45) is 5.80. The Balaban J connectivity index is 1.97. The van der Waals surface area contributed by atoms with E-state index < -0.39 is 5.97 Å². The molecule has 0 aliphatic heterocycles. The Morgan fingerprint density at radius 2 is 1.74 bits per heavy atom. The van der Waals surface area contributed by atoms with Crippen LogP contribution in [0.15, 0.2) is 42.6 Å². The number of fused-ring (bicyclic) bond motifs is 1. The molecule has 186 valence electrons. The number of unbranched alkanes of at least 4 members (excludes halogenated alkanes) is 2. The van der Waals surface area contributed by atoms with Crippen molar-refractivity contribution in [3.05, 3.63) is 59.3 Å². The smallest absolute Gasteiger partial charge is 0.337 e. The molecule has 0 saturated carbocycles. The number of aromatic nitrogens is 1. The number of benzene rings is 2. The minimum atomic E-state index is -0.441. The first-order chi connectivity index (χ1) is 16.9. The molecular weight excluding hydrogens is 448 g/mol. The molecule has 0 aliphatic rings. The van der Waals surface area contributed by atoms with Crippen molar-refractivity contribution in [1.29, 1.82) is 0 Å². The predicted molar refractivity (Wildman–Crippen MR) is 134 cm³/mol. The second-order valence-electron chi connectivity index (χ2n) is 8.29. The van der Waals surface area contributed by atoms with Gasteiger partial charge in [0.1, 0.15) is 12.3 Å². The molecule has 0 spiro atoms. The van der Waals surface area contributed by atoms with E-state index in [1.54, 1.807) is 19.2 Å². The lowest BCUT2D eigenvalue weighted by Gasteiger charge is -2.10. The van der Waals surface area contributed by atoms with Gasteiger partial charge in [-0.3, -0.25) is 9.59 Å². The van der Waals surface area contributed by atoms with E-state index in [1.165, 1.54) is 14.2 Å². The van der Waals surface area contributed by atoms with E-state index in [0.29, 0.717) is 29.8 Å². The van der Waals surface area contributed by atoms with Crippen molar-refractivity contribution in [2.24, 2.45) is 0 Å². The lowest BCUT2D eigenvalue weighted by Crippen LogP contribution is -2.11. The van der Waals surface area contributed by atoms with Crippen molar-refractivity contribution in [3.8, 4) is 5.75 Å². The summed E-state index contributed by atoms with van der Waals surface area (Å²) in [6, 6.07) is 10.8. The molecule has 3 rings (SSSR count). The van der Waals surface area contributed by atoms with Crippen LogP contribution in [0, 0.1) is 0 Å². The molecule has 8 nitrogen and oxygen atoms in total. The highest BCUT2D eigenvalue weighted by Gasteiger charge is 2.16. The number of esters is 2. The number of carbonyl (C=O) groups is 3. The molecule has 3 aromatic rings. The standard InChI is InChI=1S/C27H32N2O6/c1-5-6-7-8-25(30)28-21-11-12-23-22(15-21)20(16-29(23)17-26(31)34-3)13-18-9-10-19(27(32)35-4)14-24(18)33-2/h9-12,14-16H,5-8,13,17H2,1-4H3,(H,28,30). The molecule has 1 heterocycles. The summed E-state index contributed by atoms with van der Waals surface area (Å²) in [5.41, 5.74) is 3.75. The summed E-state index contributed by atoms with van der Waals surface area (Å²) in [6.45, 7) is 2.17. The Labute approximate surface area is 205 Å². The van der Waals surface area contributed by atoms with E-state index >= 15 is 0 Å². The summed E-state index contributed by atoms with van der Waals surface area (Å²) in [5.74, 6) is -0.263. The van der Waals surface area contributed by atoms with Crippen LogP contribution in [0.3, 0.4) is 0 Å². The molecule has 0 atom stereocenters. The van der Waals surface area contributed by atoms with Crippen molar-refractivity contribution < 1.29 is 28.6 Å². The fourth-order valence-electron chi connectivity index (χ4n) is 4.02. The van der Waals surface area contributed by atoms with Crippen molar-refractivity contribution in [2.75, 3.05) is 26.6 Å². The van der Waals surface area contributed by atoms with Crippen LogP contribution in [0.5, 0.6) is 5.75 Å². The monoisotopic (exact) mass is 480 g/mol. The molecule has 0 unspecified atom stereocenters. The maximum Gasteiger partial charge on any atom is 0.337 e. The summed E-state index contributed by atoms with van der Waals surface area (Å²) < 4.78 is 17.0. The SMILES string of the molecule is CCCCCC(=O)Nc1ccc2c(c1)c(Cc1ccc(C(=O)OC)cc1OC)cn2CC(=O)OC. The Morgan fingerprint density at radius 1 is 0.943 bits per heavy atom. The van der Waals surface area contributed by atoms with Gasteiger partial charge in [-0.1, -0.05) is 25.8 Å². The Hall–Kier alpha value is -3.81. The van der Waals surface area contributed by atoms with E-state index in [9.17, 15) is 14.4 Å². The number of hydrogen-bond donors (Lipinski definition) is 1. The van der Waals surface area contributed by atoms with Crippen LogP contribution in [0.1, 0.15) is 54.1 Å². The topological polar surface area (TPSA) is 95.9 Å². The fraction of sp³-hybridized carbons (Fsp3) is 0.370. The average molecular weight is 481 g/mol. The van der Waals surface area contributed by atoms with Crippen LogP contribution >= 0.6 is 0 Å². The molecule has 0 aliphatic carbocycles. The zero-order chi connectivity index (χ0) is 25.4. The third-order valence-corrected chi connectivity index (χ3v) is 5.87. The quantitative estimate of drug-likeness (QED) is 0.315. The fourth-order valence-corrected chi connectivity index (χ4v) is 4.02. The zero-order valence-electron chi connectivity index (χ0n) is 20.7. The van der Waals surface area contributed by atoms with Crippen molar-refractivity contribution in [3.63, 3.8) is 0 Å². The van der Waals surface area contributed by atoms with E-state index in [-0.39, 0.29) is 18.4 Å². The van der Waals surface area contributed by atoms with Crippen LogP contribution in [0.4, 0.5) is 5.69 Å². The van der Waals surface area contributed by atoms with Crippen molar-refractivity contribution in [1.82, 2.24) is 4.57 Å². The van der Waals surface area contributed by atoms with Crippen LogP contribution < -0.4 is 10.1 Å². The molecule has 1 amide bonds. The highest BCUT2D eigenvalue weighted by Crippen LogP contribution is 2.30. The predicted octanol–water partition coefficient (Wildman–Crippen LogP) is 4.72. The Bertz CT molecular complexity index is 1210. The molecule has 0 bridgehead atoms. The van der Waals surface area contributed by atoms with E-state index in [4.69, 9.17) is 14.2 Å². The lowest BCUT2D eigenvalue weighted by atomic mass is 10.0. The number of anilines is 1. The number of nitrogens with zero attached hydrogens (tertiary/aromatic N) is 1. The minimum Gasteiger partial charge on any atom is -0.496 e. The van der Waals surface area contributed by atoms with Gasteiger partial charge in [0.2, 0.25) is 5.91 Å². The van der Waals surface area contributed by atoms with Gasteiger partial charge in [-0.2, -0.15) is 0 Å². The van der Waals surface area contributed by atoms with Gasteiger partial charge in [0.25, 0.3) is 0 Å². The third kappa shape index (κ3) is 6.41. The van der Waals surface area contributed by atoms with Gasteiger partial charge in [0.05, 0.1) is 26.9 Å². The minimum absolute atomic E-state index is 0.0200.